The van der Waals surface area contributed by atoms with Gasteiger partial charge < -0.3 is 5.73 Å². The number of rotatable bonds is 4. The van der Waals surface area contributed by atoms with Gasteiger partial charge in [-0.3, -0.25) is 9.97 Å². The van der Waals surface area contributed by atoms with E-state index in [0.29, 0.717) is 6.04 Å². The summed E-state index contributed by atoms with van der Waals surface area (Å²) in [5.41, 5.74) is 7.03. The third-order valence-corrected chi connectivity index (χ3v) is 2.58. The Labute approximate surface area is 78.4 Å². The maximum atomic E-state index is 5.98. The fourth-order valence-corrected chi connectivity index (χ4v) is 1.53. The highest BCUT2D eigenvalue weighted by molar-refractivity contribution is 4.96. The maximum Gasteiger partial charge on any atom is 0.0587 e. The van der Waals surface area contributed by atoms with E-state index in [0.717, 1.165) is 24.5 Å². The van der Waals surface area contributed by atoms with Crippen LogP contribution in [0.1, 0.15) is 25.0 Å². The molecule has 1 aromatic rings. The first-order valence-electron chi connectivity index (χ1n) is 4.87. The van der Waals surface area contributed by atoms with Crippen LogP contribution in [0.25, 0.3) is 0 Å². The minimum atomic E-state index is 0.377. The van der Waals surface area contributed by atoms with Gasteiger partial charge >= 0.3 is 0 Å². The lowest BCUT2D eigenvalue weighted by Gasteiger charge is -2.08. The van der Waals surface area contributed by atoms with Crippen LogP contribution in [-0.2, 0) is 6.42 Å². The first kappa shape index (κ1) is 8.63. The van der Waals surface area contributed by atoms with Gasteiger partial charge in [-0.2, -0.15) is 0 Å². The number of nitrogens with zero attached hydrogens (tertiary/aromatic N) is 2. The van der Waals surface area contributed by atoms with Crippen molar-refractivity contribution in [2.45, 2.75) is 31.7 Å². The smallest absolute Gasteiger partial charge is 0.0587 e. The van der Waals surface area contributed by atoms with Gasteiger partial charge in [0.25, 0.3) is 0 Å². The molecule has 0 spiro atoms. The lowest BCUT2D eigenvalue weighted by Crippen LogP contribution is -2.23. The molecule has 1 aromatic heterocycles. The average molecular weight is 177 g/mol. The van der Waals surface area contributed by atoms with E-state index in [1.54, 1.807) is 12.4 Å². The molecule has 0 amide bonds. The van der Waals surface area contributed by atoms with E-state index in [4.69, 9.17) is 5.73 Å². The third-order valence-electron chi connectivity index (χ3n) is 2.58. The summed E-state index contributed by atoms with van der Waals surface area (Å²) in [4.78, 5) is 8.23. The van der Waals surface area contributed by atoms with Gasteiger partial charge in [-0.15, -0.1) is 0 Å². The predicted octanol–water partition coefficient (Wildman–Crippen LogP) is 1.15. The summed E-state index contributed by atoms with van der Waals surface area (Å²) in [5.74, 6) is 0.789. The standard InChI is InChI=1S/C10H15N3/c11-10(8-1-2-8)4-3-9-7-12-5-6-13-9/h5-8,10H,1-4,11H2. The van der Waals surface area contributed by atoms with Crippen LogP contribution in [0.2, 0.25) is 0 Å². The summed E-state index contributed by atoms with van der Waals surface area (Å²) in [7, 11) is 0. The van der Waals surface area contributed by atoms with Crippen molar-refractivity contribution in [2.75, 3.05) is 0 Å². The molecule has 2 rings (SSSR count). The van der Waals surface area contributed by atoms with Crippen molar-refractivity contribution in [3.05, 3.63) is 24.3 Å². The number of hydrogen-bond acceptors (Lipinski definition) is 3. The van der Waals surface area contributed by atoms with E-state index in [1.165, 1.54) is 12.8 Å². The highest BCUT2D eigenvalue weighted by Crippen LogP contribution is 2.33. The third kappa shape index (κ3) is 2.49. The Morgan fingerprint density at radius 1 is 1.46 bits per heavy atom. The number of nitrogens with two attached hydrogens (primary N) is 1. The van der Waals surface area contributed by atoms with Crippen LogP contribution in [0.5, 0.6) is 0 Å². The Bertz CT molecular complexity index is 256. The van der Waals surface area contributed by atoms with Gasteiger partial charge in [-0.05, 0) is 31.6 Å². The van der Waals surface area contributed by atoms with Crippen molar-refractivity contribution in [1.29, 1.82) is 0 Å². The molecule has 0 radical (unpaired) electrons. The van der Waals surface area contributed by atoms with Gasteiger partial charge in [-0.25, -0.2) is 0 Å². The summed E-state index contributed by atoms with van der Waals surface area (Å²) in [6, 6.07) is 0.377. The Morgan fingerprint density at radius 3 is 2.92 bits per heavy atom. The Hall–Kier alpha value is -0.960. The predicted molar refractivity (Wildman–Crippen MR) is 51.1 cm³/mol. The second kappa shape index (κ2) is 3.83. The molecule has 0 aliphatic heterocycles. The summed E-state index contributed by atoms with van der Waals surface area (Å²) >= 11 is 0. The van der Waals surface area contributed by atoms with Crippen molar-refractivity contribution in [3.63, 3.8) is 0 Å². The maximum absolute atomic E-state index is 5.98. The van der Waals surface area contributed by atoms with E-state index in [9.17, 15) is 0 Å². The van der Waals surface area contributed by atoms with Gasteiger partial charge in [0.15, 0.2) is 0 Å². The summed E-state index contributed by atoms with van der Waals surface area (Å²) < 4.78 is 0. The quantitative estimate of drug-likeness (QED) is 0.750. The zero-order valence-electron chi connectivity index (χ0n) is 7.69. The topological polar surface area (TPSA) is 51.8 Å². The summed E-state index contributed by atoms with van der Waals surface area (Å²) in [5, 5.41) is 0. The van der Waals surface area contributed by atoms with Crippen molar-refractivity contribution >= 4 is 0 Å². The van der Waals surface area contributed by atoms with Crippen LogP contribution in [0, 0.1) is 5.92 Å². The summed E-state index contributed by atoms with van der Waals surface area (Å²) in [6.07, 6.45) is 9.90. The zero-order valence-corrected chi connectivity index (χ0v) is 7.69. The molecule has 70 valence electrons. The lowest BCUT2D eigenvalue weighted by atomic mass is 10.1. The van der Waals surface area contributed by atoms with E-state index in [2.05, 4.69) is 9.97 Å². The SMILES string of the molecule is NC(CCc1cnccn1)C1CC1. The molecule has 1 saturated carbocycles. The van der Waals surface area contributed by atoms with Crippen molar-refractivity contribution in [3.8, 4) is 0 Å². The molecule has 0 saturated heterocycles. The molecule has 1 atom stereocenters. The van der Waals surface area contributed by atoms with Crippen molar-refractivity contribution in [1.82, 2.24) is 9.97 Å². The number of aryl methyl sites for hydroxylation is 1. The minimum absolute atomic E-state index is 0.377. The molecule has 1 aliphatic carbocycles. The molecule has 13 heavy (non-hydrogen) atoms. The number of hydrogen-bond donors (Lipinski definition) is 1. The fraction of sp³-hybridized carbons (Fsp3) is 0.600. The van der Waals surface area contributed by atoms with Crippen LogP contribution >= 0.6 is 0 Å². The monoisotopic (exact) mass is 177 g/mol. The molecule has 0 bridgehead atoms. The average Bonchev–Trinajstić information content (AvgIpc) is 2.99. The molecular weight excluding hydrogens is 162 g/mol. The van der Waals surface area contributed by atoms with E-state index in [1.807, 2.05) is 6.20 Å². The van der Waals surface area contributed by atoms with Gasteiger partial charge in [0, 0.05) is 24.6 Å². The Kier molecular flexibility index (Phi) is 2.54. The second-order valence-electron chi connectivity index (χ2n) is 3.74. The van der Waals surface area contributed by atoms with E-state index >= 15 is 0 Å². The van der Waals surface area contributed by atoms with Crippen molar-refractivity contribution in [2.24, 2.45) is 11.7 Å². The van der Waals surface area contributed by atoms with Gasteiger partial charge in [0.2, 0.25) is 0 Å². The molecule has 1 heterocycles. The molecule has 3 heteroatoms. The molecular formula is C10H15N3. The highest BCUT2D eigenvalue weighted by Gasteiger charge is 2.27. The van der Waals surface area contributed by atoms with Crippen LogP contribution in [0.3, 0.4) is 0 Å². The Balaban J connectivity index is 1.78. The Morgan fingerprint density at radius 2 is 2.31 bits per heavy atom. The van der Waals surface area contributed by atoms with Crippen LogP contribution in [0.15, 0.2) is 18.6 Å². The minimum Gasteiger partial charge on any atom is -0.327 e. The van der Waals surface area contributed by atoms with Crippen molar-refractivity contribution < 1.29 is 0 Å². The second-order valence-corrected chi connectivity index (χ2v) is 3.74. The normalized spacial score (nSPS) is 18.5. The zero-order chi connectivity index (χ0) is 9.10. The summed E-state index contributed by atoms with van der Waals surface area (Å²) in [6.45, 7) is 0. The largest absolute Gasteiger partial charge is 0.327 e. The molecule has 1 aliphatic rings. The fourth-order valence-electron chi connectivity index (χ4n) is 1.53. The van der Waals surface area contributed by atoms with Gasteiger partial charge in [-0.1, -0.05) is 0 Å². The van der Waals surface area contributed by atoms with Crippen LogP contribution in [-0.4, -0.2) is 16.0 Å². The lowest BCUT2D eigenvalue weighted by molar-refractivity contribution is 0.546. The highest BCUT2D eigenvalue weighted by atomic mass is 14.8. The molecule has 1 unspecified atom stereocenters. The van der Waals surface area contributed by atoms with E-state index < -0.39 is 0 Å². The van der Waals surface area contributed by atoms with Crippen LogP contribution in [0.4, 0.5) is 0 Å². The van der Waals surface area contributed by atoms with Gasteiger partial charge in [0.05, 0.1) is 5.69 Å². The van der Waals surface area contributed by atoms with Gasteiger partial charge in [0.1, 0.15) is 0 Å². The first-order valence-corrected chi connectivity index (χ1v) is 4.87. The number of aromatic nitrogens is 2. The molecule has 2 N–H and O–H groups in total. The van der Waals surface area contributed by atoms with E-state index in [-0.39, 0.29) is 0 Å². The molecule has 0 aromatic carbocycles. The van der Waals surface area contributed by atoms with Crippen LogP contribution < -0.4 is 5.73 Å². The molecule has 3 nitrogen and oxygen atoms in total. The first-order chi connectivity index (χ1) is 6.36. The molecule has 1 fully saturated rings.